The maximum atomic E-state index is 12.6. The van der Waals surface area contributed by atoms with Gasteiger partial charge in [-0.2, -0.15) is 0 Å². The fourth-order valence-corrected chi connectivity index (χ4v) is 4.47. The van der Waals surface area contributed by atoms with E-state index in [1.807, 2.05) is 6.07 Å². The van der Waals surface area contributed by atoms with Gasteiger partial charge in [-0.25, -0.2) is 12.7 Å². The monoisotopic (exact) mass is 367 g/mol. The first-order valence-corrected chi connectivity index (χ1v) is 10.2. The summed E-state index contributed by atoms with van der Waals surface area (Å²) in [5.41, 5.74) is 2.76. The Balaban J connectivity index is 1.67. The van der Waals surface area contributed by atoms with Gasteiger partial charge in [0.05, 0.1) is 30.6 Å². The van der Waals surface area contributed by atoms with Crippen molar-refractivity contribution in [3.8, 4) is 0 Å². The zero-order valence-electron chi connectivity index (χ0n) is 14.7. The minimum absolute atomic E-state index is 0.0343. The number of aryl methyl sites for hydroxylation is 2. The van der Waals surface area contributed by atoms with Crippen molar-refractivity contribution in [2.75, 3.05) is 33.1 Å². The number of hydrogen-bond donors (Lipinski definition) is 1. The van der Waals surface area contributed by atoms with Gasteiger partial charge in [-0.15, -0.1) is 0 Å². The van der Waals surface area contributed by atoms with E-state index in [0.29, 0.717) is 18.8 Å². The lowest BCUT2D eigenvalue weighted by Gasteiger charge is -2.21. The molecular formula is C17H25N3O4S. The second-order valence-corrected chi connectivity index (χ2v) is 9.20. The Hall–Kier alpha value is -1.51. The molecule has 138 valence electrons. The number of hydrogen-bond acceptors (Lipinski definition) is 5. The number of rotatable bonds is 5. The van der Waals surface area contributed by atoms with Crippen molar-refractivity contribution >= 4 is 15.9 Å². The molecule has 1 aliphatic heterocycles. The van der Waals surface area contributed by atoms with Crippen LogP contribution in [-0.4, -0.2) is 62.7 Å². The molecule has 0 spiro atoms. The number of carbonyl (C=O) groups is 1. The second-order valence-electron chi connectivity index (χ2n) is 6.98. The highest BCUT2D eigenvalue weighted by Gasteiger charge is 2.34. The molecule has 0 aromatic carbocycles. The molecule has 8 heteroatoms. The SMILES string of the molecule is CN(C)S(=O)(=O)C[C@@H]1COC[C@H]1NC(=O)c1cnc2c(c1)CCCC2. The fourth-order valence-electron chi connectivity index (χ4n) is 3.31. The van der Waals surface area contributed by atoms with Gasteiger partial charge in [0.2, 0.25) is 10.0 Å². The van der Waals surface area contributed by atoms with Gasteiger partial charge >= 0.3 is 0 Å². The van der Waals surface area contributed by atoms with Crippen LogP contribution in [0, 0.1) is 5.92 Å². The molecule has 25 heavy (non-hydrogen) atoms. The third-order valence-corrected chi connectivity index (χ3v) is 6.89. The molecule has 1 amide bonds. The van der Waals surface area contributed by atoms with Crippen molar-refractivity contribution in [2.24, 2.45) is 5.92 Å². The third-order valence-electron chi connectivity index (χ3n) is 4.93. The lowest BCUT2D eigenvalue weighted by atomic mass is 9.95. The summed E-state index contributed by atoms with van der Waals surface area (Å²) in [4.78, 5) is 17.0. The quantitative estimate of drug-likeness (QED) is 0.823. The van der Waals surface area contributed by atoms with Gasteiger partial charge in [0, 0.05) is 31.9 Å². The van der Waals surface area contributed by atoms with Crippen molar-refractivity contribution in [2.45, 2.75) is 31.7 Å². The van der Waals surface area contributed by atoms with E-state index in [9.17, 15) is 13.2 Å². The van der Waals surface area contributed by atoms with Crippen LogP contribution in [0.3, 0.4) is 0 Å². The molecular weight excluding hydrogens is 342 g/mol. The summed E-state index contributed by atoms with van der Waals surface area (Å²) in [7, 11) is -0.315. The Kier molecular flexibility index (Phi) is 5.41. The van der Waals surface area contributed by atoms with E-state index in [1.54, 1.807) is 6.20 Å². The van der Waals surface area contributed by atoms with Crippen LogP contribution < -0.4 is 5.32 Å². The highest BCUT2D eigenvalue weighted by atomic mass is 32.2. The van der Waals surface area contributed by atoms with Crippen LogP contribution in [0.2, 0.25) is 0 Å². The Morgan fingerprint density at radius 1 is 1.32 bits per heavy atom. The summed E-state index contributed by atoms with van der Waals surface area (Å²) in [6, 6.07) is 1.61. The standard InChI is InChI=1S/C17H25N3O4S/c1-20(2)25(22,23)11-14-9-24-10-16(14)19-17(21)13-7-12-5-3-4-6-15(12)18-8-13/h7-8,14,16H,3-6,9-11H2,1-2H3,(H,19,21)/t14-,16+/m0/s1. The first kappa shape index (κ1) is 18.3. The Labute approximate surface area is 148 Å². The number of ether oxygens (including phenoxy) is 1. The van der Waals surface area contributed by atoms with E-state index in [-0.39, 0.29) is 23.6 Å². The molecule has 1 N–H and O–H groups in total. The number of nitrogens with zero attached hydrogens (tertiary/aromatic N) is 2. The van der Waals surface area contributed by atoms with Crippen LogP contribution in [0.25, 0.3) is 0 Å². The average Bonchev–Trinajstić information content (AvgIpc) is 3.00. The van der Waals surface area contributed by atoms with E-state index in [2.05, 4.69) is 10.3 Å². The Morgan fingerprint density at radius 3 is 2.84 bits per heavy atom. The van der Waals surface area contributed by atoms with Gasteiger partial charge < -0.3 is 10.1 Å². The second kappa shape index (κ2) is 7.39. The normalized spacial score (nSPS) is 23.5. The molecule has 7 nitrogen and oxygen atoms in total. The van der Waals surface area contributed by atoms with Crippen LogP contribution in [0.15, 0.2) is 12.3 Å². The maximum absolute atomic E-state index is 12.6. The van der Waals surface area contributed by atoms with Gasteiger partial charge in [-0.05, 0) is 37.3 Å². The zero-order valence-corrected chi connectivity index (χ0v) is 15.5. The number of fused-ring (bicyclic) bond motifs is 1. The van der Waals surface area contributed by atoms with Gasteiger partial charge in [0.15, 0.2) is 0 Å². The van der Waals surface area contributed by atoms with Crippen molar-refractivity contribution in [3.05, 3.63) is 29.1 Å². The van der Waals surface area contributed by atoms with E-state index < -0.39 is 10.0 Å². The van der Waals surface area contributed by atoms with Crippen LogP contribution in [-0.2, 0) is 27.6 Å². The summed E-state index contributed by atoms with van der Waals surface area (Å²) in [5.74, 6) is -0.501. The van der Waals surface area contributed by atoms with E-state index in [0.717, 1.165) is 36.9 Å². The van der Waals surface area contributed by atoms with Gasteiger partial charge in [0.1, 0.15) is 0 Å². The molecule has 0 saturated carbocycles. The lowest BCUT2D eigenvalue weighted by Crippen LogP contribution is -2.43. The van der Waals surface area contributed by atoms with E-state index in [4.69, 9.17) is 4.74 Å². The largest absolute Gasteiger partial charge is 0.379 e. The molecule has 2 aliphatic rings. The molecule has 3 rings (SSSR count). The van der Waals surface area contributed by atoms with Crippen LogP contribution in [0.5, 0.6) is 0 Å². The molecule has 1 aliphatic carbocycles. The van der Waals surface area contributed by atoms with Crippen molar-refractivity contribution in [1.82, 2.24) is 14.6 Å². The molecule has 0 radical (unpaired) electrons. The van der Waals surface area contributed by atoms with E-state index in [1.165, 1.54) is 18.4 Å². The maximum Gasteiger partial charge on any atom is 0.253 e. The Bertz CT molecular complexity index is 748. The van der Waals surface area contributed by atoms with Crippen molar-refractivity contribution in [3.63, 3.8) is 0 Å². The first-order chi connectivity index (χ1) is 11.9. The summed E-state index contributed by atoms with van der Waals surface area (Å²) in [5, 5.41) is 2.93. The number of amides is 1. The highest BCUT2D eigenvalue weighted by molar-refractivity contribution is 7.89. The number of carbonyl (C=O) groups excluding carboxylic acids is 1. The van der Waals surface area contributed by atoms with Gasteiger partial charge in [0.25, 0.3) is 5.91 Å². The molecule has 1 aromatic heterocycles. The summed E-state index contributed by atoms with van der Waals surface area (Å²) in [6.45, 7) is 0.665. The zero-order chi connectivity index (χ0) is 18.0. The lowest BCUT2D eigenvalue weighted by molar-refractivity contribution is 0.0925. The third kappa shape index (κ3) is 4.19. The number of pyridine rings is 1. The van der Waals surface area contributed by atoms with Crippen molar-refractivity contribution < 1.29 is 17.9 Å². The van der Waals surface area contributed by atoms with E-state index >= 15 is 0 Å². The summed E-state index contributed by atoms with van der Waals surface area (Å²) in [6.07, 6.45) is 5.81. The molecule has 1 aromatic rings. The van der Waals surface area contributed by atoms with Crippen molar-refractivity contribution in [1.29, 1.82) is 0 Å². The molecule has 0 unspecified atom stereocenters. The highest BCUT2D eigenvalue weighted by Crippen LogP contribution is 2.21. The summed E-state index contributed by atoms with van der Waals surface area (Å²) < 4.78 is 30.8. The Morgan fingerprint density at radius 2 is 2.08 bits per heavy atom. The molecule has 2 atom stereocenters. The van der Waals surface area contributed by atoms with Gasteiger partial charge in [-0.3, -0.25) is 9.78 Å². The number of aromatic nitrogens is 1. The van der Waals surface area contributed by atoms with Gasteiger partial charge in [-0.1, -0.05) is 0 Å². The smallest absolute Gasteiger partial charge is 0.253 e. The minimum Gasteiger partial charge on any atom is -0.379 e. The minimum atomic E-state index is -3.34. The molecule has 1 fully saturated rings. The first-order valence-electron chi connectivity index (χ1n) is 8.63. The number of sulfonamides is 1. The summed E-state index contributed by atoms with van der Waals surface area (Å²) >= 11 is 0. The average molecular weight is 367 g/mol. The predicted molar refractivity (Wildman–Crippen MR) is 93.9 cm³/mol. The molecule has 0 bridgehead atoms. The van der Waals surface area contributed by atoms with Crippen LogP contribution >= 0.6 is 0 Å². The number of nitrogens with one attached hydrogen (secondary N) is 1. The fraction of sp³-hybridized carbons (Fsp3) is 0.647. The topological polar surface area (TPSA) is 88.6 Å². The molecule has 1 saturated heterocycles. The van der Waals surface area contributed by atoms with Crippen LogP contribution in [0.1, 0.15) is 34.5 Å². The molecule has 2 heterocycles. The van der Waals surface area contributed by atoms with Crippen LogP contribution in [0.4, 0.5) is 0 Å². The predicted octanol–water partition coefficient (Wildman–Crippen LogP) is 0.597.